The molecule has 4 aromatic carbocycles. The first-order chi connectivity index (χ1) is 18.1. The number of ketones is 1. The van der Waals surface area contributed by atoms with E-state index in [2.05, 4.69) is 0 Å². The van der Waals surface area contributed by atoms with E-state index in [9.17, 15) is 9.59 Å². The van der Waals surface area contributed by atoms with Crippen molar-refractivity contribution in [3.05, 3.63) is 149 Å². The molecule has 0 atom stereocenters. The van der Waals surface area contributed by atoms with Crippen molar-refractivity contribution in [3.63, 3.8) is 0 Å². The van der Waals surface area contributed by atoms with Crippen molar-refractivity contribution in [2.45, 2.75) is 13.5 Å². The van der Waals surface area contributed by atoms with Gasteiger partial charge in [-0.05, 0) is 24.6 Å². The zero-order valence-electron chi connectivity index (χ0n) is 20.3. The van der Waals surface area contributed by atoms with Gasteiger partial charge in [0.15, 0.2) is 11.5 Å². The van der Waals surface area contributed by atoms with E-state index in [-0.39, 0.29) is 23.7 Å². The van der Waals surface area contributed by atoms with Crippen molar-refractivity contribution in [3.8, 4) is 17.0 Å². The van der Waals surface area contributed by atoms with Gasteiger partial charge in [-0.2, -0.15) is 4.73 Å². The van der Waals surface area contributed by atoms with Gasteiger partial charge in [-0.15, -0.1) is 0 Å². The summed E-state index contributed by atoms with van der Waals surface area (Å²) in [6.45, 7) is 2.05. The Labute approximate surface area is 215 Å². The maximum Gasteiger partial charge on any atom is 0.343 e. The topological polar surface area (TPSA) is 57.5 Å². The number of benzene rings is 4. The molecule has 5 nitrogen and oxygen atoms in total. The minimum Gasteiger partial charge on any atom is -0.420 e. The van der Waals surface area contributed by atoms with Crippen LogP contribution in [-0.2, 0) is 6.61 Å². The highest BCUT2D eigenvalue weighted by molar-refractivity contribution is 6.15. The summed E-state index contributed by atoms with van der Waals surface area (Å²) in [6.07, 6.45) is 0. The molecule has 5 rings (SSSR count). The largest absolute Gasteiger partial charge is 0.420 e. The molecule has 37 heavy (non-hydrogen) atoms. The Kier molecular flexibility index (Phi) is 6.95. The van der Waals surface area contributed by atoms with Gasteiger partial charge >= 0.3 is 5.97 Å². The molecular weight excluding hydrogens is 462 g/mol. The van der Waals surface area contributed by atoms with E-state index >= 15 is 0 Å². The Morgan fingerprint density at radius 3 is 1.78 bits per heavy atom. The molecule has 0 aliphatic carbocycles. The Morgan fingerprint density at radius 1 is 0.676 bits per heavy atom. The lowest BCUT2D eigenvalue weighted by Gasteiger charge is -2.14. The molecule has 5 heteroatoms. The quantitative estimate of drug-likeness (QED) is 0.184. The molecule has 1 aromatic heterocycles. The average molecular weight is 488 g/mol. The molecule has 0 saturated heterocycles. The summed E-state index contributed by atoms with van der Waals surface area (Å²) in [6, 6.07) is 36.9. The van der Waals surface area contributed by atoms with Gasteiger partial charge in [0, 0.05) is 11.1 Å². The number of carbonyl (C=O) groups is 2. The summed E-state index contributed by atoms with van der Waals surface area (Å²) in [4.78, 5) is 33.4. The molecule has 5 aromatic rings. The first kappa shape index (κ1) is 23.8. The van der Waals surface area contributed by atoms with Crippen LogP contribution in [0.3, 0.4) is 0 Å². The Balaban J connectivity index is 1.68. The fourth-order valence-electron chi connectivity index (χ4n) is 4.18. The molecule has 1 heterocycles. The maximum absolute atomic E-state index is 14.0. The van der Waals surface area contributed by atoms with Crippen LogP contribution in [-0.4, -0.2) is 16.5 Å². The zero-order valence-corrected chi connectivity index (χ0v) is 20.3. The van der Waals surface area contributed by atoms with Crippen molar-refractivity contribution in [1.29, 1.82) is 0 Å². The third-order valence-corrected chi connectivity index (χ3v) is 6.02. The second-order valence-corrected chi connectivity index (χ2v) is 8.51. The second kappa shape index (κ2) is 10.8. The van der Waals surface area contributed by atoms with Gasteiger partial charge in [-0.3, -0.25) is 4.79 Å². The molecule has 0 spiro atoms. The number of carbonyl (C=O) groups excluding carboxylic acids is 2. The molecular formula is C32H25NO4. The van der Waals surface area contributed by atoms with Crippen LogP contribution in [0.4, 0.5) is 0 Å². The highest BCUT2D eigenvalue weighted by Crippen LogP contribution is 2.38. The minimum atomic E-state index is -0.550. The van der Waals surface area contributed by atoms with Gasteiger partial charge in [0.2, 0.25) is 0 Å². The van der Waals surface area contributed by atoms with E-state index in [1.54, 1.807) is 60.2 Å². The molecule has 0 bridgehead atoms. The number of ether oxygens (including phenoxy) is 1. The van der Waals surface area contributed by atoms with Crippen molar-refractivity contribution < 1.29 is 19.2 Å². The Morgan fingerprint density at radius 2 is 1.19 bits per heavy atom. The van der Waals surface area contributed by atoms with Crippen LogP contribution in [0.5, 0.6) is 5.75 Å². The molecule has 0 saturated carbocycles. The third-order valence-electron chi connectivity index (χ3n) is 6.02. The number of aromatic nitrogens is 1. The molecule has 0 amide bonds. The summed E-state index contributed by atoms with van der Waals surface area (Å²) < 4.78 is 7.54. The van der Waals surface area contributed by atoms with Crippen molar-refractivity contribution in [2.75, 3.05) is 0 Å². The summed E-state index contributed by atoms with van der Waals surface area (Å²) in [5, 5.41) is 0. The average Bonchev–Trinajstić information content (AvgIpc) is 3.24. The lowest BCUT2D eigenvalue weighted by atomic mass is 9.99. The van der Waals surface area contributed by atoms with E-state index in [4.69, 9.17) is 9.57 Å². The monoisotopic (exact) mass is 487 g/mol. The first-order valence-corrected chi connectivity index (χ1v) is 12.0. The number of esters is 1. The summed E-state index contributed by atoms with van der Waals surface area (Å²) >= 11 is 0. The summed E-state index contributed by atoms with van der Waals surface area (Å²) in [5.41, 5.74) is 3.91. The highest BCUT2D eigenvalue weighted by Gasteiger charge is 2.31. The maximum atomic E-state index is 14.0. The van der Waals surface area contributed by atoms with Crippen LogP contribution in [0.15, 0.2) is 121 Å². The van der Waals surface area contributed by atoms with Crippen LogP contribution < -0.4 is 9.57 Å². The summed E-state index contributed by atoms with van der Waals surface area (Å²) in [5.74, 6) is -0.638. The molecule has 0 aliphatic rings. The van der Waals surface area contributed by atoms with Crippen molar-refractivity contribution in [1.82, 2.24) is 4.73 Å². The molecule has 0 radical (unpaired) electrons. The number of nitrogens with zero attached hydrogens (tertiary/aromatic N) is 1. The Bertz CT molecular complexity index is 1510. The van der Waals surface area contributed by atoms with Crippen LogP contribution in [0, 0.1) is 6.92 Å². The fraction of sp³-hybridized carbons (Fsp3) is 0.0625. The molecule has 0 aliphatic heterocycles. The second-order valence-electron chi connectivity index (χ2n) is 8.51. The third kappa shape index (κ3) is 5.07. The van der Waals surface area contributed by atoms with E-state index in [0.717, 1.165) is 11.1 Å². The fourth-order valence-corrected chi connectivity index (χ4v) is 4.18. The van der Waals surface area contributed by atoms with Crippen LogP contribution >= 0.6 is 0 Å². The lowest BCUT2D eigenvalue weighted by Crippen LogP contribution is -2.15. The smallest absolute Gasteiger partial charge is 0.343 e. The van der Waals surface area contributed by atoms with Crippen molar-refractivity contribution >= 4 is 11.8 Å². The van der Waals surface area contributed by atoms with Gasteiger partial charge < -0.3 is 9.57 Å². The van der Waals surface area contributed by atoms with Gasteiger partial charge in [-0.25, -0.2) is 4.79 Å². The minimum absolute atomic E-state index is 0.176. The summed E-state index contributed by atoms with van der Waals surface area (Å²) in [7, 11) is 0. The zero-order chi connectivity index (χ0) is 25.6. The van der Waals surface area contributed by atoms with Gasteiger partial charge in [0.25, 0.3) is 0 Å². The number of rotatable bonds is 8. The normalized spacial score (nSPS) is 10.6. The van der Waals surface area contributed by atoms with Crippen molar-refractivity contribution in [2.24, 2.45) is 0 Å². The van der Waals surface area contributed by atoms with Crippen LogP contribution in [0.1, 0.15) is 37.5 Å². The van der Waals surface area contributed by atoms with Gasteiger partial charge in [-0.1, -0.05) is 109 Å². The predicted molar refractivity (Wildman–Crippen MR) is 143 cm³/mol. The Hall–Kier alpha value is -4.90. The SMILES string of the molecule is Cc1c(OC(=O)c2ccccc2)c(C(=O)c2ccccc2)c(-c2ccccc2)n1OCc1ccccc1. The number of hydrogen-bond donors (Lipinski definition) is 0. The molecule has 0 N–H and O–H groups in total. The van der Waals surface area contributed by atoms with Crippen LogP contribution in [0.25, 0.3) is 11.3 Å². The highest BCUT2D eigenvalue weighted by atomic mass is 16.7. The van der Waals surface area contributed by atoms with Crippen LogP contribution in [0.2, 0.25) is 0 Å². The van der Waals surface area contributed by atoms with E-state index < -0.39 is 5.97 Å². The van der Waals surface area contributed by atoms with Gasteiger partial charge in [0.1, 0.15) is 12.3 Å². The predicted octanol–water partition coefficient (Wildman–Crippen LogP) is 6.54. The van der Waals surface area contributed by atoms with E-state index in [0.29, 0.717) is 22.5 Å². The molecule has 0 fully saturated rings. The molecule has 0 unspecified atom stereocenters. The van der Waals surface area contributed by atoms with Gasteiger partial charge in [0.05, 0.1) is 16.8 Å². The molecule has 182 valence electrons. The lowest BCUT2D eigenvalue weighted by molar-refractivity contribution is 0.0720. The van der Waals surface area contributed by atoms with E-state index in [1.165, 1.54) is 0 Å². The first-order valence-electron chi connectivity index (χ1n) is 12.0. The van der Waals surface area contributed by atoms with E-state index in [1.807, 2.05) is 72.8 Å². The number of hydrogen-bond acceptors (Lipinski definition) is 4. The standard InChI is InChI=1S/C32H25NO4/c1-23-31(37-32(35)27-20-12-5-13-21-27)28(30(34)26-18-10-4-11-19-26)29(25-16-8-3-9-17-25)33(23)36-22-24-14-6-2-7-15-24/h2-21H,22H2,1H3.